The third-order valence-corrected chi connectivity index (χ3v) is 2.48. The molecule has 4 unspecified atom stereocenters. The predicted octanol–water partition coefficient (Wildman–Crippen LogP) is -0.108. The molecule has 0 radical (unpaired) electrons. The van der Waals surface area contributed by atoms with E-state index in [9.17, 15) is 4.79 Å². The fraction of sp³-hybridized carbons (Fsp3) is 0.750. The minimum Gasteiger partial charge on any atom is -0.469 e. The van der Waals surface area contributed by atoms with Gasteiger partial charge < -0.3 is 10.5 Å². The first-order valence-electron chi connectivity index (χ1n) is 3.86. The lowest BCUT2D eigenvalue weighted by Crippen LogP contribution is -2.22. The lowest BCUT2D eigenvalue weighted by Gasteiger charge is -1.98. The molecule has 0 aliphatic heterocycles. The molecule has 1 aliphatic carbocycles. The highest BCUT2D eigenvalue weighted by atomic mass is 16.5. The van der Waals surface area contributed by atoms with Crippen molar-refractivity contribution in [1.29, 1.82) is 5.26 Å². The maximum atomic E-state index is 11.0. The number of rotatable bonds is 2. The van der Waals surface area contributed by atoms with Crippen LogP contribution in [0.15, 0.2) is 0 Å². The predicted molar refractivity (Wildman–Crippen MR) is 41.7 cm³/mol. The van der Waals surface area contributed by atoms with E-state index in [4.69, 9.17) is 11.0 Å². The lowest BCUT2D eigenvalue weighted by molar-refractivity contribution is -0.142. The van der Waals surface area contributed by atoms with E-state index in [-0.39, 0.29) is 23.7 Å². The van der Waals surface area contributed by atoms with Gasteiger partial charge in [-0.05, 0) is 5.92 Å². The van der Waals surface area contributed by atoms with Crippen LogP contribution in [0.5, 0.6) is 0 Å². The number of carbonyl (C=O) groups excluding carboxylic acids is 1. The van der Waals surface area contributed by atoms with Gasteiger partial charge in [0.2, 0.25) is 0 Å². The third kappa shape index (κ3) is 1.28. The molecule has 4 nitrogen and oxygen atoms in total. The molecule has 1 rings (SSSR count). The lowest BCUT2D eigenvalue weighted by atomic mass is 10.2. The van der Waals surface area contributed by atoms with Crippen LogP contribution in [0.25, 0.3) is 0 Å². The zero-order chi connectivity index (χ0) is 9.30. The van der Waals surface area contributed by atoms with E-state index in [1.54, 1.807) is 0 Å². The summed E-state index contributed by atoms with van der Waals surface area (Å²) in [4.78, 5) is 11.0. The molecule has 1 fully saturated rings. The molecular weight excluding hydrogens is 156 g/mol. The fourth-order valence-corrected chi connectivity index (χ4v) is 1.64. The van der Waals surface area contributed by atoms with Crippen molar-refractivity contribution in [2.75, 3.05) is 7.11 Å². The van der Waals surface area contributed by atoms with Gasteiger partial charge in [-0.3, -0.25) is 4.79 Å². The molecule has 0 aromatic heterocycles. The Kier molecular flexibility index (Phi) is 2.34. The summed E-state index contributed by atoms with van der Waals surface area (Å²) < 4.78 is 4.57. The maximum absolute atomic E-state index is 11.0. The molecular formula is C8H12N2O2. The molecule has 0 aromatic carbocycles. The van der Waals surface area contributed by atoms with Crippen molar-refractivity contribution in [3.8, 4) is 6.07 Å². The summed E-state index contributed by atoms with van der Waals surface area (Å²) >= 11 is 0. The number of hydrogen-bond donors (Lipinski definition) is 1. The van der Waals surface area contributed by atoms with Gasteiger partial charge >= 0.3 is 5.97 Å². The Labute approximate surface area is 71.3 Å². The van der Waals surface area contributed by atoms with Crippen LogP contribution in [-0.4, -0.2) is 19.1 Å². The van der Waals surface area contributed by atoms with Crippen molar-refractivity contribution in [3.63, 3.8) is 0 Å². The number of nitriles is 1. The number of nitrogens with two attached hydrogens (primary N) is 1. The van der Waals surface area contributed by atoms with Crippen LogP contribution in [0.4, 0.5) is 0 Å². The Morgan fingerprint density at radius 2 is 2.33 bits per heavy atom. The first kappa shape index (κ1) is 9.01. The third-order valence-electron chi connectivity index (χ3n) is 2.48. The summed E-state index contributed by atoms with van der Waals surface area (Å²) in [5.74, 6) is -0.239. The van der Waals surface area contributed by atoms with Crippen LogP contribution in [0.3, 0.4) is 0 Å². The average Bonchev–Trinajstić information content (AvgIpc) is 2.74. The van der Waals surface area contributed by atoms with Gasteiger partial charge in [-0.15, -0.1) is 0 Å². The molecule has 1 aliphatic rings. The Balaban J connectivity index is 2.54. The molecule has 66 valence electrons. The largest absolute Gasteiger partial charge is 0.469 e. The SMILES string of the molecule is COC(=O)C1C(C)C1C(N)C#N. The van der Waals surface area contributed by atoms with Crippen molar-refractivity contribution in [3.05, 3.63) is 0 Å². The van der Waals surface area contributed by atoms with Crippen LogP contribution in [-0.2, 0) is 9.53 Å². The van der Waals surface area contributed by atoms with Gasteiger partial charge in [0, 0.05) is 5.92 Å². The van der Waals surface area contributed by atoms with Gasteiger partial charge in [0.05, 0.1) is 25.1 Å². The second-order valence-electron chi connectivity index (χ2n) is 3.14. The topological polar surface area (TPSA) is 76.1 Å². The van der Waals surface area contributed by atoms with Crippen molar-refractivity contribution in [2.45, 2.75) is 13.0 Å². The summed E-state index contributed by atoms with van der Waals surface area (Å²) in [6.07, 6.45) is 0. The molecule has 0 heterocycles. The first-order valence-corrected chi connectivity index (χ1v) is 3.86. The molecule has 0 aromatic rings. The van der Waals surface area contributed by atoms with E-state index in [2.05, 4.69) is 4.74 Å². The highest BCUT2D eigenvalue weighted by Gasteiger charge is 2.55. The minimum absolute atomic E-state index is 0.0116. The fourth-order valence-electron chi connectivity index (χ4n) is 1.64. The van der Waals surface area contributed by atoms with Gasteiger partial charge in [0.15, 0.2) is 0 Å². The van der Waals surface area contributed by atoms with E-state index in [1.807, 2.05) is 13.0 Å². The zero-order valence-corrected chi connectivity index (χ0v) is 7.15. The van der Waals surface area contributed by atoms with Crippen molar-refractivity contribution in [1.82, 2.24) is 0 Å². The Morgan fingerprint density at radius 3 is 2.75 bits per heavy atom. The number of methoxy groups -OCH3 is 1. The van der Waals surface area contributed by atoms with Crippen LogP contribution < -0.4 is 5.73 Å². The Hall–Kier alpha value is -1.08. The molecule has 0 amide bonds. The van der Waals surface area contributed by atoms with E-state index >= 15 is 0 Å². The van der Waals surface area contributed by atoms with Crippen molar-refractivity contribution in [2.24, 2.45) is 23.5 Å². The van der Waals surface area contributed by atoms with Gasteiger partial charge in [-0.25, -0.2) is 0 Å². The van der Waals surface area contributed by atoms with Gasteiger partial charge in [0.1, 0.15) is 0 Å². The second-order valence-corrected chi connectivity index (χ2v) is 3.14. The number of hydrogen-bond acceptors (Lipinski definition) is 4. The quantitative estimate of drug-likeness (QED) is 0.584. The normalized spacial score (nSPS) is 35.0. The van der Waals surface area contributed by atoms with E-state index < -0.39 is 6.04 Å². The van der Waals surface area contributed by atoms with Crippen LogP contribution in [0, 0.1) is 29.1 Å². The number of ether oxygens (including phenoxy) is 1. The average molecular weight is 168 g/mol. The van der Waals surface area contributed by atoms with E-state index in [0.29, 0.717) is 0 Å². The molecule has 0 bridgehead atoms. The second kappa shape index (κ2) is 3.11. The van der Waals surface area contributed by atoms with Crippen LogP contribution in [0.2, 0.25) is 0 Å². The van der Waals surface area contributed by atoms with Crippen LogP contribution >= 0.6 is 0 Å². The summed E-state index contributed by atoms with van der Waals surface area (Å²) in [5, 5.41) is 8.51. The summed E-state index contributed by atoms with van der Waals surface area (Å²) in [6, 6.07) is 1.40. The van der Waals surface area contributed by atoms with Gasteiger partial charge in [-0.2, -0.15) is 5.26 Å². The monoisotopic (exact) mass is 168 g/mol. The smallest absolute Gasteiger partial charge is 0.309 e. The molecule has 2 N–H and O–H groups in total. The number of nitrogens with zero attached hydrogens (tertiary/aromatic N) is 1. The maximum Gasteiger partial charge on any atom is 0.309 e. The number of carbonyl (C=O) groups is 1. The number of esters is 1. The summed E-state index contributed by atoms with van der Waals surface area (Å²) in [5.41, 5.74) is 5.48. The van der Waals surface area contributed by atoms with Gasteiger partial charge in [0.25, 0.3) is 0 Å². The summed E-state index contributed by atoms with van der Waals surface area (Å²) in [7, 11) is 1.35. The van der Waals surface area contributed by atoms with E-state index in [1.165, 1.54) is 7.11 Å². The Bertz CT molecular complexity index is 234. The minimum atomic E-state index is -0.538. The zero-order valence-electron chi connectivity index (χ0n) is 7.15. The van der Waals surface area contributed by atoms with Crippen molar-refractivity contribution >= 4 is 5.97 Å². The molecule has 0 spiro atoms. The van der Waals surface area contributed by atoms with Crippen LogP contribution in [0.1, 0.15) is 6.92 Å². The van der Waals surface area contributed by atoms with Gasteiger partial charge in [-0.1, -0.05) is 6.92 Å². The summed E-state index contributed by atoms with van der Waals surface area (Å²) in [6.45, 7) is 1.91. The molecule has 0 saturated heterocycles. The first-order chi connectivity index (χ1) is 5.63. The highest BCUT2D eigenvalue weighted by Crippen LogP contribution is 2.48. The molecule has 4 atom stereocenters. The van der Waals surface area contributed by atoms with Crippen molar-refractivity contribution < 1.29 is 9.53 Å². The molecule has 12 heavy (non-hydrogen) atoms. The molecule has 1 saturated carbocycles. The Morgan fingerprint density at radius 1 is 1.75 bits per heavy atom. The standard InChI is InChI=1S/C8H12N2O2/c1-4-6(5(10)3-9)7(4)8(11)12-2/h4-7H,10H2,1-2H3. The van der Waals surface area contributed by atoms with E-state index in [0.717, 1.165) is 0 Å². The highest BCUT2D eigenvalue weighted by molar-refractivity contribution is 5.76. The molecule has 4 heteroatoms.